The van der Waals surface area contributed by atoms with E-state index >= 15 is 0 Å². The predicted octanol–water partition coefficient (Wildman–Crippen LogP) is 2.69. The number of halogens is 2. The molecule has 2 rings (SSSR count). The maximum Gasteiger partial charge on any atom is 0.340 e. The minimum Gasteiger partial charge on any atom is -0.462 e. The number of allylic oxidation sites excluding steroid dienone is 2. The number of nitrogens with zero attached hydrogens (tertiary/aromatic N) is 1. The van der Waals surface area contributed by atoms with Gasteiger partial charge in [0.15, 0.2) is 0 Å². The second-order valence-corrected chi connectivity index (χ2v) is 4.93. The van der Waals surface area contributed by atoms with Gasteiger partial charge in [0.1, 0.15) is 17.1 Å². The highest BCUT2D eigenvalue weighted by Crippen LogP contribution is 2.39. The third kappa shape index (κ3) is 3.30. The highest BCUT2D eigenvalue weighted by atomic mass is 35.5. The summed E-state index contributed by atoms with van der Waals surface area (Å²) in [5.41, 5.74) is 6.49. The molecule has 1 heterocycles. The molecule has 1 aromatic rings. The van der Waals surface area contributed by atoms with Gasteiger partial charge in [-0.05, 0) is 24.6 Å². The zero-order valence-electron chi connectivity index (χ0n) is 12.3. The zero-order chi connectivity index (χ0) is 17.0. The Morgan fingerprint density at radius 1 is 1.48 bits per heavy atom. The van der Waals surface area contributed by atoms with E-state index in [4.69, 9.17) is 26.8 Å². The van der Waals surface area contributed by atoms with Gasteiger partial charge < -0.3 is 15.2 Å². The van der Waals surface area contributed by atoms with E-state index in [2.05, 4.69) is 0 Å². The van der Waals surface area contributed by atoms with Crippen LogP contribution in [0.3, 0.4) is 0 Å². The number of carbonyl (C=O) groups excluding carboxylic acids is 1. The molecule has 2 N–H and O–H groups in total. The van der Waals surface area contributed by atoms with E-state index in [-0.39, 0.29) is 35.3 Å². The average Bonchev–Trinajstić information content (AvgIpc) is 2.54. The zero-order valence-corrected chi connectivity index (χ0v) is 13.1. The summed E-state index contributed by atoms with van der Waals surface area (Å²) in [6, 6.07) is 7.41. The fourth-order valence-corrected chi connectivity index (χ4v) is 2.53. The standard InChI is InChI=1S/C16H14ClFN2O3/c1-2-22-16(21)14-13(9-3-5-10(18)6-4-9)11(8-19)12(7-17)23-15(14)20/h3-6,13H,2,7,20H2,1H3/t13-/m0/s1. The fraction of sp³-hybridized carbons (Fsp3) is 0.250. The molecule has 1 aromatic carbocycles. The molecule has 1 aliphatic heterocycles. The number of nitrogens with two attached hydrogens (primary N) is 1. The Kier molecular flexibility index (Phi) is 5.24. The van der Waals surface area contributed by atoms with E-state index in [1.54, 1.807) is 6.92 Å². The van der Waals surface area contributed by atoms with Crippen LogP contribution in [0.15, 0.2) is 47.1 Å². The number of carbonyl (C=O) groups is 1. The Balaban J connectivity index is 2.61. The third-order valence-electron chi connectivity index (χ3n) is 3.32. The van der Waals surface area contributed by atoms with Crippen LogP contribution in [0.4, 0.5) is 4.39 Å². The van der Waals surface area contributed by atoms with Crippen LogP contribution >= 0.6 is 11.6 Å². The van der Waals surface area contributed by atoms with Gasteiger partial charge >= 0.3 is 5.97 Å². The molecule has 0 unspecified atom stereocenters. The van der Waals surface area contributed by atoms with Gasteiger partial charge in [-0.2, -0.15) is 5.26 Å². The van der Waals surface area contributed by atoms with Crippen molar-refractivity contribution in [2.45, 2.75) is 12.8 Å². The molecular formula is C16H14ClFN2O3. The number of alkyl halides is 1. The van der Waals surface area contributed by atoms with Crippen LogP contribution in [0, 0.1) is 17.1 Å². The number of nitriles is 1. The SMILES string of the molecule is CCOC(=O)C1=C(N)OC(CCl)=C(C#N)[C@@H]1c1ccc(F)cc1. The lowest BCUT2D eigenvalue weighted by atomic mass is 9.83. The number of hydrogen-bond acceptors (Lipinski definition) is 5. The van der Waals surface area contributed by atoms with Gasteiger partial charge in [-0.1, -0.05) is 12.1 Å². The Hall–Kier alpha value is -2.52. The summed E-state index contributed by atoms with van der Waals surface area (Å²) in [5.74, 6) is -2.04. The maximum atomic E-state index is 13.2. The number of rotatable bonds is 4. The topological polar surface area (TPSA) is 85.3 Å². The lowest BCUT2D eigenvalue weighted by Crippen LogP contribution is -2.27. The Morgan fingerprint density at radius 2 is 2.13 bits per heavy atom. The molecule has 1 atom stereocenters. The van der Waals surface area contributed by atoms with Crippen LogP contribution in [0.5, 0.6) is 0 Å². The molecule has 0 spiro atoms. The molecule has 0 bridgehead atoms. The van der Waals surface area contributed by atoms with Crippen molar-refractivity contribution in [2.24, 2.45) is 5.73 Å². The Bertz CT molecular complexity index is 720. The lowest BCUT2D eigenvalue weighted by Gasteiger charge is -2.27. The van der Waals surface area contributed by atoms with Crippen LogP contribution < -0.4 is 5.73 Å². The largest absolute Gasteiger partial charge is 0.462 e. The molecule has 23 heavy (non-hydrogen) atoms. The molecule has 0 amide bonds. The first-order valence-electron chi connectivity index (χ1n) is 6.82. The average molecular weight is 337 g/mol. The lowest BCUT2D eigenvalue weighted by molar-refractivity contribution is -0.139. The van der Waals surface area contributed by atoms with Crippen molar-refractivity contribution in [3.63, 3.8) is 0 Å². The van der Waals surface area contributed by atoms with Crippen molar-refractivity contribution < 1.29 is 18.7 Å². The molecule has 0 fully saturated rings. The van der Waals surface area contributed by atoms with E-state index in [0.29, 0.717) is 5.56 Å². The van der Waals surface area contributed by atoms with Crippen LogP contribution in [0.2, 0.25) is 0 Å². The van der Waals surface area contributed by atoms with Gasteiger partial charge in [-0.3, -0.25) is 0 Å². The number of ether oxygens (including phenoxy) is 2. The number of benzene rings is 1. The summed E-state index contributed by atoms with van der Waals surface area (Å²) in [5, 5.41) is 9.46. The first-order chi connectivity index (χ1) is 11.0. The summed E-state index contributed by atoms with van der Waals surface area (Å²) in [6.45, 7) is 1.79. The monoisotopic (exact) mass is 336 g/mol. The maximum absolute atomic E-state index is 13.2. The normalized spacial score (nSPS) is 17.6. The molecule has 5 nitrogen and oxygen atoms in total. The van der Waals surface area contributed by atoms with E-state index in [9.17, 15) is 14.4 Å². The van der Waals surface area contributed by atoms with Gasteiger partial charge in [0.05, 0.1) is 30.0 Å². The van der Waals surface area contributed by atoms with Crippen molar-refractivity contribution >= 4 is 17.6 Å². The quantitative estimate of drug-likeness (QED) is 0.675. The van der Waals surface area contributed by atoms with Crippen molar-refractivity contribution in [1.82, 2.24) is 0 Å². The fourth-order valence-electron chi connectivity index (χ4n) is 2.33. The summed E-state index contributed by atoms with van der Waals surface area (Å²) >= 11 is 5.80. The van der Waals surface area contributed by atoms with Crippen LogP contribution in [-0.4, -0.2) is 18.5 Å². The Morgan fingerprint density at radius 3 is 2.65 bits per heavy atom. The first-order valence-corrected chi connectivity index (χ1v) is 7.36. The molecule has 0 saturated heterocycles. The number of esters is 1. The van der Waals surface area contributed by atoms with Crippen LogP contribution in [0.25, 0.3) is 0 Å². The van der Waals surface area contributed by atoms with Crippen molar-refractivity contribution in [1.29, 1.82) is 5.26 Å². The summed E-state index contributed by atoms with van der Waals surface area (Å²) < 4.78 is 23.5. The Labute approximate surface area is 137 Å². The first kappa shape index (κ1) is 16.8. The van der Waals surface area contributed by atoms with Crippen molar-refractivity contribution in [3.05, 3.63) is 58.4 Å². The molecule has 120 valence electrons. The number of hydrogen-bond donors (Lipinski definition) is 1. The molecule has 0 radical (unpaired) electrons. The molecule has 0 aliphatic carbocycles. The van der Waals surface area contributed by atoms with Gasteiger partial charge in [0, 0.05) is 0 Å². The van der Waals surface area contributed by atoms with E-state index in [1.165, 1.54) is 24.3 Å². The van der Waals surface area contributed by atoms with Crippen molar-refractivity contribution in [3.8, 4) is 6.07 Å². The van der Waals surface area contributed by atoms with E-state index < -0.39 is 17.7 Å². The molecule has 1 aliphatic rings. The molecule has 7 heteroatoms. The van der Waals surface area contributed by atoms with E-state index in [0.717, 1.165) is 0 Å². The van der Waals surface area contributed by atoms with E-state index in [1.807, 2.05) is 6.07 Å². The highest BCUT2D eigenvalue weighted by Gasteiger charge is 2.37. The highest BCUT2D eigenvalue weighted by molar-refractivity contribution is 6.19. The minimum atomic E-state index is -0.817. The summed E-state index contributed by atoms with van der Waals surface area (Å²) in [7, 11) is 0. The van der Waals surface area contributed by atoms with Crippen LogP contribution in [0.1, 0.15) is 18.4 Å². The molecular weight excluding hydrogens is 323 g/mol. The van der Waals surface area contributed by atoms with Gasteiger partial charge in [0.2, 0.25) is 5.88 Å². The predicted molar refractivity (Wildman–Crippen MR) is 81.4 cm³/mol. The second kappa shape index (κ2) is 7.16. The second-order valence-electron chi connectivity index (χ2n) is 4.67. The summed E-state index contributed by atoms with van der Waals surface area (Å²) in [4.78, 5) is 12.2. The molecule has 0 aromatic heterocycles. The summed E-state index contributed by atoms with van der Waals surface area (Å²) in [6.07, 6.45) is 0. The van der Waals surface area contributed by atoms with Gasteiger partial charge in [-0.25, -0.2) is 9.18 Å². The molecule has 0 saturated carbocycles. The van der Waals surface area contributed by atoms with Crippen molar-refractivity contribution in [2.75, 3.05) is 12.5 Å². The minimum absolute atomic E-state index is 0.00359. The smallest absolute Gasteiger partial charge is 0.340 e. The van der Waals surface area contributed by atoms with Crippen LogP contribution in [-0.2, 0) is 14.3 Å². The third-order valence-corrected chi connectivity index (χ3v) is 3.56. The van der Waals surface area contributed by atoms with Gasteiger partial charge in [-0.15, -0.1) is 11.6 Å². The van der Waals surface area contributed by atoms with Gasteiger partial charge in [0.25, 0.3) is 0 Å².